The van der Waals surface area contributed by atoms with Crippen LogP contribution in [0.1, 0.15) is 21.7 Å². The molecule has 0 saturated carbocycles. The molecule has 0 bridgehead atoms. The van der Waals surface area contributed by atoms with E-state index in [2.05, 4.69) is 11.1 Å². The lowest BCUT2D eigenvalue weighted by atomic mass is 9.99. The number of benzene rings is 2. The van der Waals surface area contributed by atoms with Gasteiger partial charge in [0.1, 0.15) is 5.75 Å². The number of aryl methyl sites for hydroxylation is 1. The molecule has 5 rings (SSSR count). The van der Waals surface area contributed by atoms with Crippen LogP contribution in [0.3, 0.4) is 0 Å². The summed E-state index contributed by atoms with van der Waals surface area (Å²) in [5.74, 6) is 0.564. The van der Waals surface area contributed by atoms with Crippen molar-refractivity contribution in [3.63, 3.8) is 0 Å². The van der Waals surface area contributed by atoms with Gasteiger partial charge in [-0.2, -0.15) is 0 Å². The second-order valence-electron chi connectivity index (χ2n) is 8.43. The Morgan fingerprint density at radius 1 is 1.06 bits per heavy atom. The molecule has 32 heavy (non-hydrogen) atoms. The number of para-hydroxylation sites is 1. The molecule has 0 aliphatic carbocycles. The Morgan fingerprint density at radius 3 is 2.75 bits per heavy atom. The lowest BCUT2D eigenvalue weighted by molar-refractivity contribution is 0.0766. The van der Waals surface area contributed by atoms with Crippen molar-refractivity contribution in [2.45, 2.75) is 19.4 Å². The quantitative estimate of drug-likeness (QED) is 0.537. The van der Waals surface area contributed by atoms with E-state index in [4.69, 9.17) is 9.72 Å². The molecule has 6 heteroatoms. The molecule has 1 aliphatic rings. The van der Waals surface area contributed by atoms with Crippen LogP contribution in [0.2, 0.25) is 0 Å². The Balaban J connectivity index is 1.38. The minimum atomic E-state index is -0.582. The molecule has 1 saturated heterocycles. The summed E-state index contributed by atoms with van der Waals surface area (Å²) in [7, 11) is 1.61. The van der Waals surface area contributed by atoms with E-state index in [1.165, 1.54) is 0 Å². The SMILES string of the molecule is COc1ccc2c(C(=O)N3C[C@@H](Cc4ccc5ccccc5n4)[C@H](O)C3)cc(C)nc2c1. The summed E-state index contributed by atoms with van der Waals surface area (Å²) in [4.78, 5) is 24.5. The number of fused-ring (bicyclic) bond motifs is 2. The molecule has 4 aromatic rings. The van der Waals surface area contributed by atoms with Crippen molar-refractivity contribution < 1.29 is 14.6 Å². The van der Waals surface area contributed by atoms with Crippen molar-refractivity contribution in [3.8, 4) is 5.75 Å². The number of amides is 1. The van der Waals surface area contributed by atoms with Crippen LogP contribution in [-0.2, 0) is 6.42 Å². The monoisotopic (exact) mass is 427 g/mol. The van der Waals surface area contributed by atoms with E-state index in [9.17, 15) is 9.90 Å². The number of pyridine rings is 2. The number of aliphatic hydroxyl groups excluding tert-OH is 1. The topological polar surface area (TPSA) is 75.5 Å². The zero-order valence-corrected chi connectivity index (χ0v) is 18.2. The van der Waals surface area contributed by atoms with Crippen molar-refractivity contribution in [2.75, 3.05) is 20.2 Å². The van der Waals surface area contributed by atoms with Gasteiger partial charge in [0, 0.05) is 47.2 Å². The number of ether oxygens (including phenoxy) is 1. The Kier molecular flexibility index (Phi) is 5.23. The van der Waals surface area contributed by atoms with Gasteiger partial charge in [-0.25, -0.2) is 0 Å². The third-order valence-corrected chi connectivity index (χ3v) is 6.20. The van der Waals surface area contributed by atoms with E-state index in [0.717, 1.165) is 33.2 Å². The first-order chi connectivity index (χ1) is 15.5. The second kappa shape index (κ2) is 8.20. The first kappa shape index (κ1) is 20.4. The molecule has 1 aliphatic heterocycles. The number of likely N-dealkylation sites (tertiary alicyclic amines) is 1. The lowest BCUT2D eigenvalue weighted by Crippen LogP contribution is -2.30. The van der Waals surface area contributed by atoms with Gasteiger partial charge in [0.2, 0.25) is 0 Å². The average Bonchev–Trinajstić information content (AvgIpc) is 3.17. The number of hydrogen-bond donors (Lipinski definition) is 1. The van der Waals surface area contributed by atoms with Gasteiger partial charge in [-0.3, -0.25) is 14.8 Å². The maximum atomic E-state index is 13.4. The second-order valence-corrected chi connectivity index (χ2v) is 8.43. The third-order valence-electron chi connectivity index (χ3n) is 6.20. The first-order valence-electron chi connectivity index (χ1n) is 10.8. The number of rotatable bonds is 4. The summed E-state index contributed by atoms with van der Waals surface area (Å²) >= 11 is 0. The highest BCUT2D eigenvalue weighted by Crippen LogP contribution is 2.28. The Bertz CT molecular complexity index is 1320. The van der Waals surface area contributed by atoms with Gasteiger partial charge in [-0.15, -0.1) is 0 Å². The van der Waals surface area contributed by atoms with Crippen molar-refractivity contribution >= 4 is 27.7 Å². The number of β-amino-alcohol motifs (C(OH)–C–C–N with tert-alkyl or cyclic N) is 1. The van der Waals surface area contributed by atoms with Crippen LogP contribution in [0.5, 0.6) is 5.75 Å². The summed E-state index contributed by atoms with van der Waals surface area (Å²) < 4.78 is 5.30. The van der Waals surface area contributed by atoms with Crippen molar-refractivity contribution in [1.82, 2.24) is 14.9 Å². The average molecular weight is 428 g/mol. The zero-order valence-electron chi connectivity index (χ0n) is 18.2. The smallest absolute Gasteiger partial charge is 0.254 e. The minimum Gasteiger partial charge on any atom is -0.497 e. The van der Waals surface area contributed by atoms with Gasteiger partial charge in [-0.05, 0) is 43.7 Å². The third kappa shape index (κ3) is 3.78. The van der Waals surface area contributed by atoms with Crippen LogP contribution in [0, 0.1) is 12.8 Å². The van der Waals surface area contributed by atoms with E-state index in [1.54, 1.807) is 12.0 Å². The molecular weight excluding hydrogens is 402 g/mol. The molecular formula is C26H25N3O3. The van der Waals surface area contributed by atoms with Crippen molar-refractivity contribution in [3.05, 3.63) is 77.6 Å². The largest absolute Gasteiger partial charge is 0.497 e. The molecule has 3 heterocycles. The Morgan fingerprint density at radius 2 is 1.91 bits per heavy atom. The predicted octanol–water partition coefficient (Wildman–Crippen LogP) is 3.78. The molecule has 0 radical (unpaired) electrons. The highest BCUT2D eigenvalue weighted by Gasteiger charge is 2.35. The fraction of sp³-hybridized carbons (Fsp3) is 0.269. The Hall–Kier alpha value is -3.51. The van der Waals surface area contributed by atoms with Crippen LogP contribution >= 0.6 is 0 Å². The molecule has 2 aromatic carbocycles. The highest BCUT2D eigenvalue weighted by molar-refractivity contribution is 6.06. The normalized spacial score (nSPS) is 18.4. The maximum Gasteiger partial charge on any atom is 0.254 e. The van der Waals surface area contributed by atoms with Crippen LogP contribution in [0.4, 0.5) is 0 Å². The Labute approximate surface area is 186 Å². The molecule has 2 aromatic heterocycles. The van der Waals surface area contributed by atoms with Crippen LogP contribution < -0.4 is 4.74 Å². The van der Waals surface area contributed by atoms with E-state index in [0.29, 0.717) is 30.8 Å². The maximum absolute atomic E-state index is 13.4. The molecule has 162 valence electrons. The summed E-state index contributed by atoms with van der Waals surface area (Å²) in [5.41, 5.74) is 3.97. The van der Waals surface area contributed by atoms with E-state index in [1.807, 2.05) is 61.5 Å². The summed E-state index contributed by atoms with van der Waals surface area (Å²) in [6.45, 7) is 2.69. The van der Waals surface area contributed by atoms with Gasteiger partial charge >= 0.3 is 0 Å². The van der Waals surface area contributed by atoms with Gasteiger partial charge in [0.25, 0.3) is 5.91 Å². The summed E-state index contributed by atoms with van der Waals surface area (Å²) in [6, 6.07) is 19.4. The van der Waals surface area contributed by atoms with Crippen LogP contribution in [0.25, 0.3) is 21.8 Å². The fourth-order valence-corrected chi connectivity index (χ4v) is 4.53. The van der Waals surface area contributed by atoms with Crippen LogP contribution in [-0.4, -0.2) is 52.2 Å². The number of nitrogens with zero attached hydrogens (tertiary/aromatic N) is 3. The minimum absolute atomic E-state index is 0.0538. The fourth-order valence-electron chi connectivity index (χ4n) is 4.53. The molecule has 1 amide bonds. The number of aliphatic hydroxyl groups is 1. The number of methoxy groups -OCH3 is 1. The molecule has 1 N–H and O–H groups in total. The lowest BCUT2D eigenvalue weighted by Gasteiger charge is -2.18. The highest BCUT2D eigenvalue weighted by atomic mass is 16.5. The number of carbonyl (C=O) groups excluding carboxylic acids is 1. The zero-order chi connectivity index (χ0) is 22.2. The van der Waals surface area contributed by atoms with Gasteiger partial charge in [0.15, 0.2) is 0 Å². The van der Waals surface area contributed by atoms with Crippen molar-refractivity contribution in [2.24, 2.45) is 5.92 Å². The predicted molar refractivity (Wildman–Crippen MR) is 124 cm³/mol. The number of hydrogen-bond acceptors (Lipinski definition) is 5. The van der Waals surface area contributed by atoms with E-state index in [-0.39, 0.29) is 11.8 Å². The van der Waals surface area contributed by atoms with Crippen LogP contribution in [0.15, 0.2) is 60.7 Å². The summed E-state index contributed by atoms with van der Waals surface area (Å²) in [5, 5.41) is 12.6. The molecule has 0 spiro atoms. The van der Waals surface area contributed by atoms with Gasteiger partial charge in [-0.1, -0.05) is 24.3 Å². The van der Waals surface area contributed by atoms with Gasteiger partial charge in [0.05, 0.1) is 29.8 Å². The molecule has 2 atom stereocenters. The number of carbonyl (C=O) groups is 1. The molecule has 6 nitrogen and oxygen atoms in total. The van der Waals surface area contributed by atoms with E-state index < -0.39 is 6.10 Å². The first-order valence-corrected chi connectivity index (χ1v) is 10.8. The summed E-state index contributed by atoms with van der Waals surface area (Å²) in [6.07, 6.45) is 0.0461. The van der Waals surface area contributed by atoms with Gasteiger partial charge < -0.3 is 14.7 Å². The molecule has 1 fully saturated rings. The standard InChI is InChI=1S/C26H25N3O3/c1-16-11-22(21-10-9-20(32-2)13-24(21)27-16)26(31)29-14-18(25(30)15-29)12-19-8-7-17-5-3-4-6-23(17)28-19/h3-11,13,18,25,30H,12,14-15H2,1-2H3/t18-,25-/m1/s1. The molecule has 0 unspecified atom stereocenters. The number of aromatic nitrogens is 2. The van der Waals surface area contributed by atoms with E-state index >= 15 is 0 Å². The van der Waals surface area contributed by atoms with Crippen molar-refractivity contribution in [1.29, 1.82) is 0 Å².